The molecule has 0 spiro atoms. The first-order valence-electron chi connectivity index (χ1n) is 9.09. The molecule has 0 radical (unpaired) electrons. The van der Waals surface area contributed by atoms with Gasteiger partial charge in [-0.2, -0.15) is 0 Å². The molecule has 154 valence electrons. The number of imidazole rings is 1. The molecule has 2 N–H and O–H groups in total. The predicted molar refractivity (Wildman–Crippen MR) is 104 cm³/mol. The Morgan fingerprint density at radius 2 is 2.04 bits per heavy atom. The van der Waals surface area contributed by atoms with Crippen LogP contribution in [-0.4, -0.2) is 85.5 Å². The summed E-state index contributed by atoms with van der Waals surface area (Å²) in [5.41, 5.74) is 0. The highest BCUT2D eigenvalue weighted by Crippen LogP contribution is 2.17. The lowest BCUT2D eigenvalue weighted by molar-refractivity contribution is -0.130. The molecule has 0 aromatic carbocycles. The van der Waals surface area contributed by atoms with Crippen molar-refractivity contribution in [3.05, 3.63) is 12.0 Å². The van der Waals surface area contributed by atoms with Crippen LogP contribution in [0.5, 0.6) is 0 Å². The van der Waals surface area contributed by atoms with E-state index in [1.54, 1.807) is 18.5 Å². The maximum atomic E-state index is 12.4. The normalized spacial score (nSPS) is 21.3. The highest BCUT2D eigenvalue weighted by atomic mass is 35.5. The number of carbonyl (C=O) groups is 1. The molecule has 2 saturated heterocycles. The second-order valence-electron chi connectivity index (χ2n) is 6.95. The summed E-state index contributed by atoms with van der Waals surface area (Å²) in [5, 5.41) is 3.33. The molecular weight excluding hydrogens is 392 g/mol. The minimum Gasteiger partial charge on any atom is -0.341 e. The van der Waals surface area contributed by atoms with Gasteiger partial charge in [0.05, 0.1) is 0 Å². The summed E-state index contributed by atoms with van der Waals surface area (Å²) in [7, 11) is -1.93. The number of piperazine rings is 1. The number of amides is 1. The van der Waals surface area contributed by atoms with Crippen molar-refractivity contribution in [1.29, 1.82) is 0 Å². The van der Waals surface area contributed by atoms with Crippen molar-refractivity contribution in [3.63, 3.8) is 0 Å². The van der Waals surface area contributed by atoms with Gasteiger partial charge in [0.15, 0.2) is 5.03 Å². The van der Waals surface area contributed by atoms with E-state index in [9.17, 15) is 13.2 Å². The Bertz CT molecular complexity index is 728. The quantitative estimate of drug-likeness (QED) is 0.633. The van der Waals surface area contributed by atoms with E-state index in [-0.39, 0.29) is 36.3 Å². The number of nitrogens with zero attached hydrogens (tertiary/aromatic N) is 4. The molecule has 1 unspecified atom stereocenters. The second-order valence-corrected chi connectivity index (χ2v) is 8.67. The predicted octanol–water partition coefficient (Wildman–Crippen LogP) is -0.675. The molecule has 1 atom stereocenters. The fraction of sp³-hybridized carbons (Fsp3) is 0.750. The summed E-state index contributed by atoms with van der Waals surface area (Å²) < 4.78 is 28.6. The molecule has 11 heteroatoms. The average Bonchev–Trinajstić information content (AvgIpc) is 3.23. The lowest BCUT2D eigenvalue weighted by Gasteiger charge is -2.32. The standard InChI is InChI=1S/C16H28N6O3S.ClH/c1-13-19-15(12-20(13)2)26(24,25)18-5-3-16(23)22-8-4-14(11-22)21-9-6-17-7-10-21;/h12,14,17-18H,3-11H2,1-2H3;1H. The Morgan fingerprint density at radius 3 is 2.67 bits per heavy atom. The number of aryl methyl sites for hydroxylation is 2. The van der Waals surface area contributed by atoms with Crippen LogP contribution in [0.25, 0.3) is 0 Å². The van der Waals surface area contributed by atoms with Crippen LogP contribution < -0.4 is 10.0 Å². The topological polar surface area (TPSA) is 99.6 Å². The summed E-state index contributed by atoms with van der Waals surface area (Å²) in [4.78, 5) is 20.7. The van der Waals surface area contributed by atoms with Crippen molar-refractivity contribution >= 4 is 28.3 Å². The van der Waals surface area contributed by atoms with Crippen LogP contribution in [-0.2, 0) is 21.9 Å². The molecule has 1 aromatic rings. The van der Waals surface area contributed by atoms with Crippen molar-refractivity contribution in [2.24, 2.45) is 7.05 Å². The lowest BCUT2D eigenvalue weighted by Crippen LogP contribution is -2.49. The number of halogens is 1. The van der Waals surface area contributed by atoms with Gasteiger partial charge in [0.1, 0.15) is 5.82 Å². The van der Waals surface area contributed by atoms with Crippen molar-refractivity contribution in [2.75, 3.05) is 45.8 Å². The highest BCUT2D eigenvalue weighted by molar-refractivity contribution is 7.89. The Balaban J connectivity index is 0.00000261. The molecule has 3 rings (SSSR count). The fourth-order valence-electron chi connectivity index (χ4n) is 3.49. The average molecular weight is 421 g/mol. The van der Waals surface area contributed by atoms with Gasteiger partial charge in [-0.3, -0.25) is 9.69 Å². The van der Waals surface area contributed by atoms with Crippen LogP contribution in [0.15, 0.2) is 11.2 Å². The number of hydrogen-bond acceptors (Lipinski definition) is 6. The van der Waals surface area contributed by atoms with Gasteiger partial charge in [0.2, 0.25) is 5.91 Å². The van der Waals surface area contributed by atoms with Gasteiger partial charge in [-0.25, -0.2) is 18.1 Å². The number of likely N-dealkylation sites (tertiary alicyclic amines) is 1. The maximum absolute atomic E-state index is 12.4. The zero-order valence-electron chi connectivity index (χ0n) is 15.8. The first kappa shape index (κ1) is 22.1. The van der Waals surface area contributed by atoms with Crippen molar-refractivity contribution in [3.8, 4) is 0 Å². The number of rotatable bonds is 6. The molecule has 1 amide bonds. The van der Waals surface area contributed by atoms with E-state index >= 15 is 0 Å². The molecule has 0 saturated carbocycles. The van der Waals surface area contributed by atoms with Crippen molar-refractivity contribution in [1.82, 2.24) is 29.4 Å². The summed E-state index contributed by atoms with van der Waals surface area (Å²) in [6.45, 7) is 7.37. The van der Waals surface area contributed by atoms with Crippen LogP contribution in [0.4, 0.5) is 0 Å². The van der Waals surface area contributed by atoms with Gasteiger partial charge in [-0.1, -0.05) is 0 Å². The zero-order chi connectivity index (χ0) is 18.7. The number of carbonyl (C=O) groups excluding carboxylic acids is 1. The van der Waals surface area contributed by atoms with E-state index in [2.05, 4.69) is 19.9 Å². The summed E-state index contributed by atoms with van der Waals surface area (Å²) in [5.74, 6) is 0.625. The van der Waals surface area contributed by atoms with Gasteiger partial charge in [0, 0.05) is 71.5 Å². The monoisotopic (exact) mass is 420 g/mol. The molecule has 3 heterocycles. The van der Waals surface area contributed by atoms with E-state index < -0.39 is 10.0 Å². The van der Waals surface area contributed by atoms with Crippen LogP contribution in [0.1, 0.15) is 18.7 Å². The second kappa shape index (κ2) is 9.33. The third-order valence-electron chi connectivity index (χ3n) is 5.18. The minimum atomic E-state index is -3.68. The van der Waals surface area contributed by atoms with Gasteiger partial charge < -0.3 is 14.8 Å². The number of hydrogen-bond donors (Lipinski definition) is 2. The SMILES string of the molecule is Cc1nc(S(=O)(=O)NCCC(=O)N2CCC(N3CCNCC3)C2)cn1C.Cl. The maximum Gasteiger partial charge on any atom is 0.259 e. The molecule has 0 aliphatic carbocycles. The van der Waals surface area contributed by atoms with Crippen LogP contribution in [0.2, 0.25) is 0 Å². The highest BCUT2D eigenvalue weighted by Gasteiger charge is 2.30. The Hall–Kier alpha value is -1.20. The summed E-state index contributed by atoms with van der Waals surface area (Å²) >= 11 is 0. The molecule has 9 nitrogen and oxygen atoms in total. The van der Waals surface area contributed by atoms with E-state index in [1.807, 2.05) is 4.90 Å². The van der Waals surface area contributed by atoms with E-state index in [0.29, 0.717) is 11.9 Å². The molecule has 2 aliphatic heterocycles. The van der Waals surface area contributed by atoms with Crippen molar-refractivity contribution < 1.29 is 13.2 Å². The summed E-state index contributed by atoms with van der Waals surface area (Å²) in [6, 6.07) is 0.425. The van der Waals surface area contributed by atoms with Crippen LogP contribution in [0.3, 0.4) is 0 Å². The molecule has 2 aliphatic rings. The third-order valence-corrected chi connectivity index (χ3v) is 6.51. The van der Waals surface area contributed by atoms with Crippen molar-refractivity contribution in [2.45, 2.75) is 30.8 Å². The Morgan fingerprint density at radius 1 is 1.33 bits per heavy atom. The zero-order valence-corrected chi connectivity index (χ0v) is 17.5. The third kappa shape index (κ3) is 5.41. The smallest absolute Gasteiger partial charge is 0.259 e. The molecule has 2 fully saturated rings. The lowest BCUT2D eigenvalue weighted by atomic mass is 10.2. The molecule has 1 aromatic heterocycles. The van der Waals surface area contributed by atoms with E-state index in [0.717, 1.165) is 45.7 Å². The molecule has 0 bridgehead atoms. The first-order valence-corrected chi connectivity index (χ1v) is 10.6. The number of aromatic nitrogens is 2. The Kier molecular flexibility index (Phi) is 7.64. The largest absolute Gasteiger partial charge is 0.341 e. The van der Waals surface area contributed by atoms with Gasteiger partial charge >= 0.3 is 0 Å². The summed E-state index contributed by atoms with van der Waals surface area (Å²) in [6.07, 6.45) is 2.63. The van der Waals surface area contributed by atoms with E-state index in [4.69, 9.17) is 0 Å². The van der Waals surface area contributed by atoms with Crippen LogP contribution >= 0.6 is 12.4 Å². The van der Waals surface area contributed by atoms with Gasteiger partial charge in [-0.05, 0) is 13.3 Å². The minimum absolute atomic E-state index is 0. The van der Waals surface area contributed by atoms with Gasteiger partial charge in [0.25, 0.3) is 10.0 Å². The van der Waals surface area contributed by atoms with Crippen LogP contribution in [0, 0.1) is 6.92 Å². The molecule has 27 heavy (non-hydrogen) atoms. The Labute approximate surface area is 166 Å². The number of nitrogens with one attached hydrogen (secondary N) is 2. The number of sulfonamides is 1. The van der Waals surface area contributed by atoms with Gasteiger partial charge in [-0.15, -0.1) is 12.4 Å². The molecular formula is C16H29ClN6O3S. The van der Waals surface area contributed by atoms with E-state index in [1.165, 1.54) is 6.20 Å². The first-order chi connectivity index (χ1) is 12.4. The fourth-order valence-corrected chi connectivity index (χ4v) is 4.56.